The third kappa shape index (κ3) is 2.89. The predicted molar refractivity (Wildman–Crippen MR) is 81.7 cm³/mol. The normalized spacial score (nSPS) is 10.5. The zero-order valence-electron chi connectivity index (χ0n) is 12.7. The summed E-state index contributed by atoms with van der Waals surface area (Å²) in [6.45, 7) is 7.26. The number of aryl methyl sites for hydroxylation is 2. The molecule has 2 rings (SSSR count). The van der Waals surface area contributed by atoms with Crippen molar-refractivity contribution in [2.24, 2.45) is 0 Å². The first-order valence-electron chi connectivity index (χ1n) is 6.93. The van der Waals surface area contributed by atoms with E-state index in [1.165, 1.54) is 6.92 Å². The molecule has 0 spiro atoms. The second kappa shape index (κ2) is 5.95. The minimum Gasteiger partial charge on any atom is -0.462 e. The third-order valence-electron chi connectivity index (χ3n) is 3.36. The number of carbonyl (C=O) groups is 2. The van der Waals surface area contributed by atoms with Crippen LogP contribution in [0.1, 0.15) is 45.8 Å². The van der Waals surface area contributed by atoms with Crippen molar-refractivity contribution < 1.29 is 14.3 Å². The molecule has 0 aliphatic rings. The Kier molecular flexibility index (Phi) is 4.26. The maximum atomic E-state index is 12.2. The highest BCUT2D eigenvalue weighted by molar-refractivity contribution is 6.10. The van der Waals surface area contributed by atoms with E-state index in [-0.39, 0.29) is 12.4 Å². The molecule has 110 valence electrons. The van der Waals surface area contributed by atoms with Gasteiger partial charge in [0.2, 0.25) is 0 Å². The maximum absolute atomic E-state index is 12.2. The Bertz CT molecular complexity index is 681. The van der Waals surface area contributed by atoms with Crippen molar-refractivity contribution in [3.63, 3.8) is 0 Å². The van der Waals surface area contributed by atoms with Gasteiger partial charge in [0.1, 0.15) is 0 Å². The molecule has 0 amide bonds. The first kappa shape index (κ1) is 15.0. The SMILES string of the molecule is CCOC(=O)c1c(-c2ccc(C)cc2)[nH]c(C)c1C(C)=O. The molecule has 0 aliphatic carbocycles. The zero-order valence-corrected chi connectivity index (χ0v) is 12.7. The molecular weight excluding hydrogens is 266 g/mol. The summed E-state index contributed by atoms with van der Waals surface area (Å²) in [6.07, 6.45) is 0. The number of esters is 1. The van der Waals surface area contributed by atoms with Gasteiger partial charge >= 0.3 is 5.97 Å². The quantitative estimate of drug-likeness (QED) is 0.688. The molecule has 21 heavy (non-hydrogen) atoms. The Hall–Kier alpha value is -2.36. The molecule has 0 radical (unpaired) electrons. The van der Waals surface area contributed by atoms with Crippen molar-refractivity contribution in [3.8, 4) is 11.3 Å². The summed E-state index contributed by atoms with van der Waals surface area (Å²) in [5.74, 6) is -0.618. The molecule has 1 heterocycles. The average molecular weight is 285 g/mol. The van der Waals surface area contributed by atoms with E-state index in [0.29, 0.717) is 22.5 Å². The fourth-order valence-electron chi connectivity index (χ4n) is 2.41. The fraction of sp³-hybridized carbons (Fsp3) is 0.294. The molecule has 4 heteroatoms. The van der Waals surface area contributed by atoms with Crippen LogP contribution in [0.2, 0.25) is 0 Å². The summed E-state index contributed by atoms with van der Waals surface area (Å²) in [5, 5.41) is 0. The van der Waals surface area contributed by atoms with Gasteiger partial charge in [-0.2, -0.15) is 0 Å². The van der Waals surface area contributed by atoms with E-state index in [4.69, 9.17) is 4.74 Å². The van der Waals surface area contributed by atoms with Crippen LogP contribution in [-0.2, 0) is 4.74 Å². The van der Waals surface area contributed by atoms with E-state index in [0.717, 1.165) is 11.1 Å². The van der Waals surface area contributed by atoms with Crippen molar-refractivity contribution in [1.82, 2.24) is 4.98 Å². The predicted octanol–water partition coefficient (Wildman–Crippen LogP) is 3.68. The number of aromatic nitrogens is 1. The Morgan fingerprint density at radius 2 is 1.71 bits per heavy atom. The van der Waals surface area contributed by atoms with E-state index in [9.17, 15) is 9.59 Å². The highest BCUT2D eigenvalue weighted by Crippen LogP contribution is 2.29. The van der Waals surface area contributed by atoms with Crippen molar-refractivity contribution in [2.75, 3.05) is 6.61 Å². The second-order valence-corrected chi connectivity index (χ2v) is 5.02. The molecule has 0 bridgehead atoms. The summed E-state index contributed by atoms with van der Waals surface area (Å²) in [4.78, 5) is 27.3. The van der Waals surface area contributed by atoms with Gasteiger partial charge in [0.25, 0.3) is 0 Å². The van der Waals surface area contributed by atoms with Crippen molar-refractivity contribution >= 4 is 11.8 Å². The lowest BCUT2D eigenvalue weighted by Gasteiger charge is -2.06. The van der Waals surface area contributed by atoms with Gasteiger partial charge in [0.15, 0.2) is 5.78 Å². The fourth-order valence-corrected chi connectivity index (χ4v) is 2.41. The van der Waals surface area contributed by atoms with E-state index < -0.39 is 5.97 Å². The molecule has 2 aromatic rings. The number of hydrogen-bond acceptors (Lipinski definition) is 3. The van der Waals surface area contributed by atoms with Gasteiger partial charge in [-0.3, -0.25) is 4.79 Å². The first-order chi connectivity index (χ1) is 9.95. The standard InChI is InChI=1S/C17H19NO3/c1-5-21-17(20)15-14(12(4)19)11(3)18-16(15)13-8-6-10(2)7-9-13/h6-9,18H,5H2,1-4H3. The number of carbonyl (C=O) groups excluding carboxylic acids is 2. The van der Waals surface area contributed by atoms with Gasteiger partial charge < -0.3 is 9.72 Å². The Labute approximate surface area is 124 Å². The van der Waals surface area contributed by atoms with Gasteiger partial charge in [-0.15, -0.1) is 0 Å². The van der Waals surface area contributed by atoms with Crippen molar-refractivity contribution in [2.45, 2.75) is 27.7 Å². The Morgan fingerprint density at radius 1 is 1.10 bits per heavy atom. The number of Topliss-reactive ketones (excluding diaryl/α,β-unsaturated/α-hetero) is 1. The van der Waals surface area contributed by atoms with Crippen LogP contribution in [0.25, 0.3) is 11.3 Å². The van der Waals surface area contributed by atoms with Gasteiger partial charge in [-0.05, 0) is 33.3 Å². The van der Waals surface area contributed by atoms with Crippen LogP contribution in [0.15, 0.2) is 24.3 Å². The molecule has 0 fully saturated rings. The summed E-state index contributed by atoms with van der Waals surface area (Å²) < 4.78 is 5.11. The molecule has 0 saturated heterocycles. The van der Waals surface area contributed by atoms with Gasteiger partial charge in [0, 0.05) is 5.69 Å². The van der Waals surface area contributed by atoms with Crippen LogP contribution in [0.3, 0.4) is 0 Å². The Balaban J connectivity index is 2.65. The summed E-state index contributed by atoms with van der Waals surface area (Å²) >= 11 is 0. The van der Waals surface area contributed by atoms with Gasteiger partial charge in [-0.1, -0.05) is 29.8 Å². The average Bonchev–Trinajstić information content (AvgIpc) is 2.77. The lowest BCUT2D eigenvalue weighted by atomic mass is 10.0. The molecule has 1 aromatic carbocycles. The molecule has 0 aliphatic heterocycles. The Morgan fingerprint density at radius 3 is 2.24 bits per heavy atom. The number of ketones is 1. The highest BCUT2D eigenvalue weighted by Gasteiger charge is 2.25. The smallest absolute Gasteiger partial charge is 0.341 e. The summed E-state index contributed by atoms with van der Waals surface area (Å²) in [7, 11) is 0. The largest absolute Gasteiger partial charge is 0.462 e. The first-order valence-corrected chi connectivity index (χ1v) is 6.93. The van der Waals surface area contributed by atoms with Crippen LogP contribution in [0.4, 0.5) is 0 Å². The number of hydrogen-bond donors (Lipinski definition) is 1. The highest BCUT2D eigenvalue weighted by atomic mass is 16.5. The van der Waals surface area contributed by atoms with Crippen LogP contribution in [-0.4, -0.2) is 23.3 Å². The number of ether oxygens (including phenoxy) is 1. The zero-order chi connectivity index (χ0) is 15.6. The van der Waals surface area contributed by atoms with Crippen molar-refractivity contribution in [1.29, 1.82) is 0 Å². The number of aromatic amines is 1. The van der Waals surface area contributed by atoms with Crippen LogP contribution in [0.5, 0.6) is 0 Å². The van der Waals surface area contributed by atoms with Crippen LogP contribution >= 0.6 is 0 Å². The van der Waals surface area contributed by atoms with Crippen LogP contribution in [0, 0.1) is 13.8 Å². The molecule has 0 saturated carbocycles. The molecule has 4 nitrogen and oxygen atoms in total. The van der Waals surface area contributed by atoms with E-state index in [1.807, 2.05) is 31.2 Å². The third-order valence-corrected chi connectivity index (χ3v) is 3.36. The van der Waals surface area contributed by atoms with E-state index in [2.05, 4.69) is 4.98 Å². The molecule has 1 aromatic heterocycles. The molecule has 0 unspecified atom stereocenters. The maximum Gasteiger partial charge on any atom is 0.341 e. The topological polar surface area (TPSA) is 59.2 Å². The summed E-state index contributed by atoms with van der Waals surface area (Å²) in [5.41, 5.74) is 4.04. The second-order valence-electron chi connectivity index (χ2n) is 5.02. The molecule has 0 atom stereocenters. The minimum absolute atomic E-state index is 0.148. The number of nitrogens with one attached hydrogen (secondary N) is 1. The lowest BCUT2D eigenvalue weighted by molar-refractivity contribution is 0.0524. The van der Waals surface area contributed by atoms with Crippen molar-refractivity contribution in [3.05, 3.63) is 46.6 Å². The monoisotopic (exact) mass is 285 g/mol. The number of rotatable bonds is 4. The molecular formula is C17H19NO3. The number of benzene rings is 1. The van der Waals surface area contributed by atoms with Gasteiger partial charge in [-0.25, -0.2) is 4.79 Å². The van der Waals surface area contributed by atoms with E-state index in [1.54, 1.807) is 13.8 Å². The lowest BCUT2D eigenvalue weighted by Crippen LogP contribution is -2.10. The van der Waals surface area contributed by atoms with E-state index >= 15 is 0 Å². The molecule has 1 N–H and O–H groups in total. The van der Waals surface area contributed by atoms with Crippen LogP contribution < -0.4 is 0 Å². The summed E-state index contributed by atoms with van der Waals surface area (Å²) in [6, 6.07) is 7.78. The van der Waals surface area contributed by atoms with Gasteiger partial charge in [0.05, 0.1) is 23.4 Å². The minimum atomic E-state index is -0.470. The number of H-pyrrole nitrogens is 1.